The first-order chi connectivity index (χ1) is 12.1. The van der Waals surface area contributed by atoms with Crippen LogP contribution in [-0.4, -0.2) is 41.0 Å². The molecule has 2 heterocycles. The second-order valence-corrected chi connectivity index (χ2v) is 6.87. The number of carbonyl (C=O) groups excluding carboxylic acids is 2. The fraction of sp³-hybridized carbons (Fsp3) is 0.611. The van der Waals surface area contributed by atoms with E-state index in [0.717, 1.165) is 31.2 Å². The van der Waals surface area contributed by atoms with E-state index in [0.29, 0.717) is 25.5 Å². The molecule has 3 amide bonds. The van der Waals surface area contributed by atoms with E-state index in [2.05, 4.69) is 10.3 Å². The molecule has 0 radical (unpaired) electrons. The summed E-state index contributed by atoms with van der Waals surface area (Å²) in [6, 6.07) is 3.30. The van der Waals surface area contributed by atoms with Gasteiger partial charge in [-0.05, 0) is 50.2 Å². The van der Waals surface area contributed by atoms with Crippen LogP contribution in [0.25, 0.3) is 0 Å². The van der Waals surface area contributed by atoms with Crippen molar-refractivity contribution >= 4 is 11.9 Å². The molecule has 1 aromatic rings. The number of hydrogen-bond donors (Lipinski definition) is 2. The topological polar surface area (TPSA) is 97.6 Å². The normalized spacial score (nSPS) is 21.1. The van der Waals surface area contributed by atoms with E-state index in [1.807, 2.05) is 12.1 Å². The predicted octanol–water partition coefficient (Wildman–Crippen LogP) is 1.81. The van der Waals surface area contributed by atoms with Gasteiger partial charge in [0, 0.05) is 31.9 Å². The van der Waals surface area contributed by atoms with Gasteiger partial charge in [-0.1, -0.05) is 0 Å². The number of amides is 3. The summed E-state index contributed by atoms with van der Waals surface area (Å²) in [4.78, 5) is 29.4. The van der Waals surface area contributed by atoms with E-state index < -0.39 is 6.03 Å². The van der Waals surface area contributed by atoms with Gasteiger partial charge in [0.05, 0.1) is 5.92 Å². The highest BCUT2D eigenvalue weighted by Gasteiger charge is 2.27. The molecule has 1 saturated heterocycles. The molecule has 1 atom stereocenters. The van der Waals surface area contributed by atoms with Crippen molar-refractivity contribution in [2.24, 2.45) is 11.7 Å². The number of aromatic nitrogens is 1. The lowest BCUT2D eigenvalue weighted by Gasteiger charge is -2.30. The molecule has 25 heavy (non-hydrogen) atoms. The van der Waals surface area contributed by atoms with Crippen molar-refractivity contribution in [2.75, 3.05) is 13.1 Å². The number of carbonyl (C=O) groups is 2. The first-order valence-electron chi connectivity index (χ1n) is 9.05. The molecular weight excluding hydrogens is 320 g/mol. The van der Waals surface area contributed by atoms with E-state index in [1.54, 1.807) is 6.20 Å². The van der Waals surface area contributed by atoms with Crippen molar-refractivity contribution in [2.45, 2.75) is 51.2 Å². The predicted molar refractivity (Wildman–Crippen MR) is 92.8 cm³/mol. The maximum absolute atomic E-state index is 12.4. The van der Waals surface area contributed by atoms with Gasteiger partial charge in [0.25, 0.3) is 0 Å². The monoisotopic (exact) mass is 346 g/mol. The Bertz CT molecular complexity index is 616. The largest absolute Gasteiger partial charge is 0.474 e. The molecule has 0 aromatic carbocycles. The van der Waals surface area contributed by atoms with Crippen molar-refractivity contribution in [3.05, 3.63) is 23.9 Å². The minimum absolute atomic E-state index is 0.0407. The molecule has 1 saturated carbocycles. The van der Waals surface area contributed by atoms with Crippen LogP contribution in [0.2, 0.25) is 0 Å². The van der Waals surface area contributed by atoms with Gasteiger partial charge >= 0.3 is 6.03 Å². The zero-order chi connectivity index (χ0) is 17.6. The molecule has 136 valence electrons. The Kier molecular flexibility index (Phi) is 5.73. The van der Waals surface area contributed by atoms with Crippen LogP contribution in [-0.2, 0) is 11.3 Å². The van der Waals surface area contributed by atoms with Gasteiger partial charge < -0.3 is 20.7 Å². The van der Waals surface area contributed by atoms with E-state index in [4.69, 9.17) is 10.5 Å². The van der Waals surface area contributed by atoms with E-state index in [9.17, 15) is 9.59 Å². The molecule has 1 unspecified atom stereocenters. The minimum atomic E-state index is -0.458. The average molecular weight is 346 g/mol. The fourth-order valence-electron chi connectivity index (χ4n) is 3.53. The van der Waals surface area contributed by atoms with Gasteiger partial charge in [0.15, 0.2) is 0 Å². The maximum atomic E-state index is 12.4. The Morgan fingerprint density at radius 1 is 1.28 bits per heavy atom. The van der Waals surface area contributed by atoms with E-state index in [-0.39, 0.29) is 17.9 Å². The third kappa shape index (κ3) is 4.84. The third-order valence-electron chi connectivity index (χ3n) is 4.96. The van der Waals surface area contributed by atoms with Crippen LogP contribution in [0.4, 0.5) is 4.79 Å². The van der Waals surface area contributed by atoms with Crippen LogP contribution in [0.3, 0.4) is 0 Å². The summed E-state index contributed by atoms with van der Waals surface area (Å²) in [6.07, 6.45) is 8.15. The van der Waals surface area contributed by atoms with Gasteiger partial charge in [-0.15, -0.1) is 0 Å². The Morgan fingerprint density at radius 3 is 2.84 bits per heavy atom. The van der Waals surface area contributed by atoms with Crippen LogP contribution in [0, 0.1) is 5.92 Å². The number of likely N-dealkylation sites (tertiary alicyclic amines) is 1. The summed E-state index contributed by atoms with van der Waals surface area (Å²) in [5, 5.41) is 2.95. The number of hydrogen-bond acceptors (Lipinski definition) is 4. The number of primary amides is 1. The number of urea groups is 1. The second-order valence-electron chi connectivity index (χ2n) is 6.87. The molecule has 7 heteroatoms. The van der Waals surface area contributed by atoms with Gasteiger partial charge in [-0.2, -0.15) is 0 Å². The highest BCUT2D eigenvalue weighted by atomic mass is 16.5. The van der Waals surface area contributed by atoms with Crippen molar-refractivity contribution in [1.82, 2.24) is 15.2 Å². The second kappa shape index (κ2) is 8.18. The molecule has 2 fully saturated rings. The van der Waals surface area contributed by atoms with Crippen LogP contribution < -0.4 is 15.8 Å². The third-order valence-corrected chi connectivity index (χ3v) is 4.96. The Hall–Kier alpha value is -2.31. The number of piperidine rings is 1. The van der Waals surface area contributed by atoms with Gasteiger partial charge in [0.2, 0.25) is 11.8 Å². The molecular formula is C18H26N4O3. The highest BCUT2D eigenvalue weighted by molar-refractivity contribution is 5.80. The van der Waals surface area contributed by atoms with Crippen molar-refractivity contribution in [3.8, 4) is 5.88 Å². The van der Waals surface area contributed by atoms with Crippen LogP contribution in [0.1, 0.15) is 44.1 Å². The van der Waals surface area contributed by atoms with Crippen molar-refractivity contribution in [3.63, 3.8) is 0 Å². The number of ether oxygens (including phenoxy) is 1. The SMILES string of the molecule is NC(=O)N1CCCC(C(=O)NCc2ccnc(OC3CCCC3)c2)C1. The summed E-state index contributed by atoms with van der Waals surface area (Å²) < 4.78 is 5.90. The number of nitrogens with zero attached hydrogens (tertiary/aromatic N) is 2. The molecule has 3 rings (SSSR count). The first-order valence-corrected chi connectivity index (χ1v) is 9.05. The average Bonchev–Trinajstić information content (AvgIpc) is 3.13. The summed E-state index contributed by atoms with van der Waals surface area (Å²) in [5.74, 6) is 0.384. The lowest BCUT2D eigenvalue weighted by molar-refractivity contribution is -0.126. The molecule has 1 aliphatic heterocycles. The lowest BCUT2D eigenvalue weighted by Crippen LogP contribution is -2.47. The molecule has 2 aliphatic rings. The van der Waals surface area contributed by atoms with Gasteiger partial charge in [0.1, 0.15) is 6.10 Å². The van der Waals surface area contributed by atoms with Crippen LogP contribution in [0.15, 0.2) is 18.3 Å². The standard InChI is InChI=1S/C18H26N4O3/c19-18(24)22-9-3-4-14(12-22)17(23)21-11-13-7-8-20-16(10-13)25-15-5-1-2-6-15/h7-8,10,14-15H,1-6,9,11-12H2,(H2,19,24)(H,21,23). The lowest BCUT2D eigenvalue weighted by atomic mass is 9.97. The Labute approximate surface area is 147 Å². The summed E-state index contributed by atoms with van der Waals surface area (Å²) >= 11 is 0. The number of nitrogens with two attached hydrogens (primary N) is 1. The quantitative estimate of drug-likeness (QED) is 0.849. The van der Waals surface area contributed by atoms with Crippen molar-refractivity contribution < 1.29 is 14.3 Å². The number of pyridine rings is 1. The molecule has 0 spiro atoms. The first kappa shape index (κ1) is 17.5. The van der Waals surface area contributed by atoms with Crippen molar-refractivity contribution in [1.29, 1.82) is 0 Å². The maximum Gasteiger partial charge on any atom is 0.314 e. The minimum Gasteiger partial charge on any atom is -0.474 e. The molecule has 3 N–H and O–H groups in total. The van der Waals surface area contributed by atoms with Gasteiger partial charge in [-0.3, -0.25) is 4.79 Å². The smallest absolute Gasteiger partial charge is 0.314 e. The highest BCUT2D eigenvalue weighted by Crippen LogP contribution is 2.23. The van der Waals surface area contributed by atoms with E-state index >= 15 is 0 Å². The molecule has 0 bridgehead atoms. The van der Waals surface area contributed by atoms with Crippen LogP contribution >= 0.6 is 0 Å². The fourth-order valence-corrected chi connectivity index (χ4v) is 3.53. The molecule has 1 aromatic heterocycles. The molecule has 1 aliphatic carbocycles. The Balaban J connectivity index is 1.50. The Morgan fingerprint density at radius 2 is 2.08 bits per heavy atom. The van der Waals surface area contributed by atoms with Crippen LogP contribution in [0.5, 0.6) is 5.88 Å². The molecule has 7 nitrogen and oxygen atoms in total. The van der Waals surface area contributed by atoms with Gasteiger partial charge in [-0.25, -0.2) is 9.78 Å². The summed E-state index contributed by atoms with van der Waals surface area (Å²) in [6.45, 7) is 1.45. The number of nitrogens with one attached hydrogen (secondary N) is 1. The number of rotatable bonds is 5. The zero-order valence-corrected chi connectivity index (χ0v) is 14.4. The van der Waals surface area contributed by atoms with E-state index in [1.165, 1.54) is 17.7 Å². The summed E-state index contributed by atoms with van der Waals surface area (Å²) in [7, 11) is 0. The summed E-state index contributed by atoms with van der Waals surface area (Å²) in [5.41, 5.74) is 6.27. The zero-order valence-electron chi connectivity index (χ0n) is 14.4.